The van der Waals surface area contributed by atoms with Crippen LogP contribution in [0.4, 0.5) is 10.5 Å². The van der Waals surface area contributed by atoms with Gasteiger partial charge < -0.3 is 15.3 Å². The molecular weight excluding hydrogens is 258 g/mol. The SMILES string of the molecule is CCC(CC)N(C)C(=O)Nc1ccc(CC(=O)O)nc1. The molecule has 0 radical (unpaired) electrons. The highest BCUT2D eigenvalue weighted by molar-refractivity contribution is 5.89. The molecule has 1 aromatic rings. The largest absolute Gasteiger partial charge is 0.481 e. The number of rotatable bonds is 6. The van der Waals surface area contributed by atoms with Gasteiger partial charge in [0.25, 0.3) is 0 Å². The zero-order valence-corrected chi connectivity index (χ0v) is 12.1. The summed E-state index contributed by atoms with van der Waals surface area (Å²) in [5.74, 6) is -0.928. The number of hydrogen-bond donors (Lipinski definition) is 2. The van der Waals surface area contributed by atoms with Crippen molar-refractivity contribution in [3.8, 4) is 0 Å². The second kappa shape index (κ2) is 7.47. The maximum atomic E-state index is 12.0. The van der Waals surface area contributed by atoms with E-state index in [0.717, 1.165) is 12.8 Å². The number of carbonyl (C=O) groups excluding carboxylic acids is 1. The van der Waals surface area contributed by atoms with E-state index in [1.807, 2.05) is 13.8 Å². The van der Waals surface area contributed by atoms with Gasteiger partial charge in [0, 0.05) is 13.1 Å². The van der Waals surface area contributed by atoms with Crippen LogP contribution in [0.25, 0.3) is 0 Å². The summed E-state index contributed by atoms with van der Waals surface area (Å²) in [6.07, 6.45) is 3.14. The van der Waals surface area contributed by atoms with Crippen LogP contribution >= 0.6 is 0 Å². The molecule has 110 valence electrons. The topological polar surface area (TPSA) is 82.5 Å². The molecule has 0 unspecified atom stereocenters. The van der Waals surface area contributed by atoms with Crippen molar-refractivity contribution in [1.29, 1.82) is 0 Å². The Hall–Kier alpha value is -2.11. The molecule has 0 aromatic carbocycles. The van der Waals surface area contributed by atoms with Crippen molar-refractivity contribution in [2.75, 3.05) is 12.4 Å². The van der Waals surface area contributed by atoms with E-state index in [9.17, 15) is 9.59 Å². The number of urea groups is 1. The van der Waals surface area contributed by atoms with Crippen molar-refractivity contribution in [3.05, 3.63) is 24.0 Å². The molecule has 1 rings (SSSR count). The Morgan fingerprint density at radius 2 is 2.00 bits per heavy atom. The van der Waals surface area contributed by atoms with Gasteiger partial charge >= 0.3 is 12.0 Å². The number of carbonyl (C=O) groups is 2. The zero-order valence-electron chi connectivity index (χ0n) is 12.1. The third kappa shape index (κ3) is 4.53. The quantitative estimate of drug-likeness (QED) is 0.837. The van der Waals surface area contributed by atoms with Gasteiger partial charge in [-0.1, -0.05) is 13.8 Å². The molecule has 0 aliphatic carbocycles. The van der Waals surface area contributed by atoms with E-state index in [1.165, 1.54) is 6.20 Å². The highest BCUT2D eigenvalue weighted by atomic mass is 16.4. The van der Waals surface area contributed by atoms with Gasteiger partial charge in [0.15, 0.2) is 0 Å². The highest BCUT2D eigenvalue weighted by Crippen LogP contribution is 2.11. The van der Waals surface area contributed by atoms with Crippen molar-refractivity contribution in [3.63, 3.8) is 0 Å². The standard InChI is InChI=1S/C14H21N3O3/c1-4-12(5-2)17(3)14(20)16-11-7-6-10(15-9-11)8-13(18)19/h6-7,9,12H,4-5,8H2,1-3H3,(H,16,20)(H,18,19). The first kappa shape index (κ1) is 15.9. The molecular formula is C14H21N3O3. The molecule has 6 nitrogen and oxygen atoms in total. The number of nitrogens with zero attached hydrogens (tertiary/aromatic N) is 2. The third-order valence-electron chi connectivity index (χ3n) is 3.22. The van der Waals surface area contributed by atoms with Crippen molar-refractivity contribution >= 4 is 17.7 Å². The fourth-order valence-electron chi connectivity index (χ4n) is 1.97. The Bertz CT molecular complexity index is 455. The van der Waals surface area contributed by atoms with Crippen molar-refractivity contribution in [1.82, 2.24) is 9.88 Å². The Morgan fingerprint density at radius 3 is 2.45 bits per heavy atom. The number of hydrogen-bond acceptors (Lipinski definition) is 3. The molecule has 0 bridgehead atoms. The lowest BCUT2D eigenvalue weighted by atomic mass is 10.1. The number of anilines is 1. The van der Waals surface area contributed by atoms with Crippen LogP contribution in [0.5, 0.6) is 0 Å². The summed E-state index contributed by atoms with van der Waals surface area (Å²) < 4.78 is 0. The van der Waals surface area contributed by atoms with Gasteiger partial charge in [-0.2, -0.15) is 0 Å². The van der Waals surface area contributed by atoms with E-state index in [0.29, 0.717) is 11.4 Å². The molecule has 0 saturated heterocycles. The molecule has 0 saturated carbocycles. The summed E-state index contributed by atoms with van der Waals surface area (Å²) in [6, 6.07) is 3.27. The van der Waals surface area contributed by atoms with Crippen LogP contribution in [0.1, 0.15) is 32.4 Å². The van der Waals surface area contributed by atoms with Crippen LogP contribution in [0.15, 0.2) is 18.3 Å². The minimum absolute atomic E-state index is 0.123. The van der Waals surface area contributed by atoms with E-state index in [2.05, 4.69) is 10.3 Å². The molecule has 6 heteroatoms. The first-order valence-corrected chi connectivity index (χ1v) is 6.68. The zero-order chi connectivity index (χ0) is 15.1. The minimum Gasteiger partial charge on any atom is -0.481 e. The smallest absolute Gasteiger partial charge is 0.321 e. The number of pyridine rings is 1. The van der Waals surface area contributed by atoms with Crippen LogP contribution in [0.3, 0.4) is 0 Å². The van der Waals surface area contributed by atoms with Gasteiger partial charge in [-0.05, 0) is 25.0 Å². The highest BCUT2D eigenvalue weighted by Gasteiger charge is 2.16. The van der Waals surface area contributed by atoms with Gasteiger partial charge in [-0.3, -0.25) is 9.78 Å². The van der Waals surface area contributed by atoms with Gasteiger partial charge in [0.05, 0.1) is 24.0 Å². The van der Waals surface area contributed by atoms with Crippen molar-refractivity contribution in [2.45, 2.75) is 39.2 Å². The summed E-state index contributed by atoms with van der Waals surface area (Å²) in [5, 5.41) is 11.4. The first-order chi connectivity index (χ1) is 9.47. The molecule has 2 amide bonds. The molecule has 0 spiro atoms. The number of amides is 2. The van der Waals surface area contributed by atoms with E-state index >= 15 is 0 Å². The molecule has 0 atom stereocenters. The van der Waals surface area contributed by atoms with Crippen LogP contribution in [0.2, 0.25) is 0 Å². The number of aromatic nitrogens is 1. The molecule has 0 aliphatic rings. The van der Waals surface area contributed by atoms with E-state index in [1.54, 1.807) is 24.1 Å². The van der Waals surface area contributed by atoms with Crippen LogP contribution in [-0.2, 0) is 11.2 Å². The van der Waals surface area contributed by atoms with E-state index in [4.69, 9.17) is 5.11 Å². The molecule has 0 fully saturated rings. The normalized spacial score (nSPS) is 10.4. The lowest BCUT2D eigenvalue weighted by Crippen LogP contribution is -2.39. The second-order valence-electron chi connectivity index (χ2n) is 4.62. The van der Waals surface area contributed by atoms with E-state index in [-0.39, 0.29) is 18.5 Å². The lowest BCUT2D eigenvalue weighted by molar-refractivity contribution is -0.136. The average molecular weight is 279 g/mol. The van der Waals surface area contributed by atoms with Gasteiger partial charge in [-0.25, -0.2) is 4.79 Å². The van der Waals surface area contributed by atoms with Crippen LogP contribution in [0, 0.1) is 0 Å². The monoisotopic (exact) mass is 279 g/mol. The average Bonchev–Trinajstić information content (AvgIpc) is 2.41. The molecule has 20 heavy (non-hydrogen) atoms. The Morgan fingerprint density at radius 1 is 1.35 bits per heavy atom. The predicted octanol–water partition coefficient (Wildman–Crippen LogP) is 2.36. The van der Waals surface area contributed by atoms with Crippen molar-refractivity contribution in [2.24, 2.45) is 0 Å². The molecule has 1 aromatic heterocycles. The summed E-state index contributed by atoms with van der Waals surface area (Å²) in [5.41, 5.74) is 1.02. The minimum atomic E-state index is -0.928. The molecule has 0 aliphatic heterocycles. The lowest BCUT2D eigenvalue weighted by Gasteiger charge is -2.26. The first-order valence-electron chi connectivity index (χ1n) is 6.68. The molecule has 2 N–H and O–H groups in total. The second-order valence-corrected chi connectivity index (χ2v) is 4.62. The van der Waals surface area contributed by atoms with Crippen molar-refractivity contribution < 1.29 is 14.7 Å². The number of carboxylic acid groups (broad SMARTS) is 1. The Kier molecular flexibility index (Phi) is 5.96. The van der Waals surface area contributed by atoms with Gasteiger partial charge in [-0.15, -0.1) is 0 Å². The van der Waals surface area contributed by atoms with Gasteiger partial charge in [0.2, 0.25) is 0 Å². The maximum absolute atomic E-state index is 12.0. The Balaban J connectivity index is 2.64. The number of nitrogens with one attached hydrogen (secondary N) is 1. The fourth-order valence-corrected chi connectivity index (χ4v) is 1.97. The summed E-state index contributed by atoms with van der Waals surface area (Å²) >= 11 is 0. The summed E-state index contributed by atoms with van der Waals surface area (Å²) in [6.45, 7) is 4.08. The fraction of sp³-hybridized carbons (Fsp3) is 0.500. The van der Waals surface area contributed by atoms with Crippen LogP contribution in [-0.4, -0.2) is 40.1 Å². The molecule has 1 heterocycles. The van der Waals surface area contributed by atoms with E-state index < -0.39 is 5.97 Å². The summed E-state index contributed by atoms with van der Waals surface area (Å²) in [7, 11) is 1.76. The maximum Gasteiger partial charge on any atom is 0.321 e. The number of carboxylic acids is 1. The third-order valence-corrected chi connectivity index (χ3v) is 3.22. The van der Waals surface area contributed by atoms with Crippen LogP contribution < -0.4 is 5.32 Å². The predicted molar refractivity (Wildman–Crippen MR) is 76.7 cm³/mol. The number of aliphatic carboxylic acids is 1. The van der Waals surface area contributed by atoms with Gasteiger partial charge in [0.1, 0.15) is 0 Å². The summed E-state index contributed by atoms with van der Waals surface area (Å²) in [4.78, 5) is 28.2. The Labute approximate surface area is 118 Å².